The molecule has 0 fully saturated rings. The fraction of sp³-hybridized carbons (Fsp3) is 0.136. The van der Waals surface area contributed by atoms with Crippen LogP contribution in [0.25, 0.3) is 16.8 Å². The van der Waals surface area contributed by atoms with Crippen LogP contribution in [0.15, 0.2) is 72.8 Å². The lowest BCUT2D eigenvalue weighted by molar-refractivity contribution is -0.111. The van der Waals surface area contributed by atoms with E-state index in [1.54, 1.807) is 6.08 Å². The van der Waals surface area contributed by atoms with Crippen molar-refractivity contribution in [2.45, 2.75) is 19.8 Å². The Bertz CT molecular complexity index is 876. The van der Waals surface area contributed by atoms with Gasteiger partial charge in [0.25, 0.3) is 0 Å². The van der Waals surface area contributed by atoms with Gasteiger partial charge in [0.2, 0.25) is 5.91 Å². The largest absolute Gasteiger partial charge is 0.322 e. The minimum absolute atomic E-state index is 0.127. The lowest BCUT2D eigenvalue weighted by Crippen LogP contribution is -2.07. The molecule has 3 aromatic carbocycles. The number of anilines is 1. The molecule has 0 spiro atoms. The van der Waals surface area contributed by atoms with Gasteiger partial charge in [0, 0.05) is 11.8 Å². The van der Waals surface area contributed by atoms with Gasteiger partial charge < -0.3 is 5.32 Å². The summed E-state index contributed by atoms with van der Waals surface area (Å²) < 4.78 is 0. The maximum atomic E-state index is 12.1. The molecule has 0 radical (unpaired) electrons. The van der Waals surface area contributed by atoms with Gasteiger partial charge in [-0.1, -0.05) is 68.4 Å². The molecule has 3 aromatic rings. The van der Waals surface area contributed by atoms with E-state index in [0.717, 1.165) is 22.0 Å². The predicted molar refractivity (Wildman–Crippen MR) is 102 cm³/mol. The highest BCUT2D eigenvalue weighted by Gasteiger charge is 2.00. The van der Waals surface area contributed by atoms with Gasteiger partial charge in [-0.2, -0.15) is 0 Å². The smallest absolute Gasteiger partial charge is 0.248 e. The fourth-order valence-electron chi connectivity index (χ4n) is 2.61. The quantitative estimate of drug-likeness (QED) is 0.622. The summed E-state index contributed by atoms with van der Waals surface area (Å²) in [6, 6.07) is 22.3. The van der Waals surface area contributed by atoms with E-state index in [0.29, 0.717) is 5.92 Å². The molecule has 0 aliphatic heterocycles. The number of carbonyl (C=O) groups excluding carboxylic acids is 1. The van der Waals surface area contributed by atoms with Crippen LogP contribution < -0.4 is 5.32 Å². The number of rotatable bonds is 4. The second-order valence-corrected chi connectivity index (χ2v) is 6.21. The number of nitrogens with one attached hydrogen (secondary N) is 1. The van der Waals surface area contributed by atoms with Crippen LogP contribution in [-0.4, -0.2) is 5.91 Å². The van der Waals surface area contributed by atoms with E-state index in [1.165, 1.54) is 5.56 Å². The van der Waals surface area contributed by atoms with Crippen molar-refractivity contribution < 1.29 is 4.79 Å². The minimum atomic E-state index is -0.127. The molecule has 0 bridgehead atoms. The highest BCUT2D eigenvalue weighted by atomic mass is 16.1. The molecule has 0 heterocycles. The molecule has 0 aliphatic carbocycles. The lowest BCUT2D eigenvalue weighted by Gasteiger charge is -2.05. The minimum Gasteiger partial charge on any atom is -0.322 e. The Hall–Kier alpha value is -2.87. The molecule has 1 amide bonds. The van der Waals surface area contributed by atoms with Gasteiger partial charge in [-0.15, -0.1) is 0 Å². The molecule has 0 aliphatic rings. The first-order valence-electron chi connectivity index (χ1n) is 8.19. The maximum absolute atomic E-state index is 12.1. The van der Waals surface area contributed by atoms with Crippen molar-refractivity contribution in [3.8, 4) is 0 Å². The molecule has 3 rings (SSSR count). The highest BCUT2D eigenvalue weighted by molar-refractivity contribution is 6.03. The van der Waals surface area contributed by atoms with Gasteiger partial charge in [0.05, 0.1) is 0 Å². The van der Waals surface area contributed by atoms with Crippen molar-refractivity contribution in [2.24, 2.45) is 0 Å². The Morgan fingerprint density at radius 3 is 2.33 bits per heavy atom. The van der Waals surface area contributed by atoms with E-state index in [-0.39, 0.29) is 5.91 Å². The van der Waals surface area contributed by atoms with E-state index in [4.69, 9.17) is 0 Å². The van der Waals surface area contributed by atoms with Crippen LogP contribution in [0.1, 0.15) is 30.9 Å². The summed E-state index contributed by atoms with van der Waals surface area (Å²) in [7, 11) is 0. The van der Waals surface area contributed by atoms with Gasteiger partial charge in [-0.25, -0.2) is 0 Å². The fourth-order valence-corrected chi connectivity index (χ4v) is 2.61. The molecule has 2 nitrogen and oxygen atoms in total. The predicted octanol–water partition coefficient (Wildman–Crippen LogP) is 5.62. The lowest BCUT2D eigenvalue weighted by atomic mass is 10.0. The van der Waals surface area contributed by atoms with Gasteiger partial charge in [-0.05, 0) is 46.0 Å². The summed E-state index contributed by atoms with van der Waals surface area (Å²) in [5.41, 5.74) is 3.12. The van der Waals surface area contributed by atoms with Crippen LogP contribution >= 0.6 is 0 Å². The third kappa shape index (κ3) is 3.90. The zero-order valence-corrected chi connectivity index (χ0v) is 14.0. The molecule has 120 valence electrons. The molecule has 24 heavy (non-hydrogen) atoms. The van der Waals surface area contributed by atoms with E-state index in [9.17, 15) is 4.79 Å². The number of hydrogen-bond acceptors (Lipinski definition) is 1. The summed E-state index contributed by atoms with van der Waals surface area (Å²) in [4.78, 5) is 12.1. The summed E-state index contributed by atoms with van der Waals surface area (Å²) in [6.07, 6.45) is 3.40. The Kier molecular flexibility index (Phi) is 4.76. The number of amides is 1. The Morgan fingerprint density at radius 1 is 0.917 bits per heavy atom. The second kappa shape index (κ2) is 7.14. The molecular weight excluding hydrogens is 294 g/mol. The maximum Gasteiger partial charge on any atom is 0.248 e. The standard InChI is InChI=1S/C22H21NO/c1-16(2)18-10-7-17(8-11-18)9-14-22(24)23-21-13-12-19-5-3-4-6-20(19)15-21/h3-16H,1-2H3,(H,23,24). The average molecular weight is 315 g/mol. The SMILES string of the molecule is CC(C)c1ccc(C=CC(=O)Nc2ccc3ccccc3c2)cc1. The molecular formula is C22H21NO. The first-order valence-corrected chi connectivity index (χ1v) is 8.19. The Morgan fingerprint density at radius 2 is 1.62 bits per heavy atom. The molecule has 0 saturated carbocycles. The van der Waals surface area contributed by atoms with E-state index in [1.807, 2.05) is 54.6 Å². The van der Waals surface area contributed by atoms with Crippen LogP contribution in [-0.2, 0) is 4.79 Å². The van der Waals surface area contributed by atoms with Crippen molar-refractivity contribution in [3.63, 3.8) is 0 Å². The van der Waals surface area contributed by atoms with Gasteiger partial charge in [-0.3, -0.25) is 4.79 Å². The molecule has 0 atom stereocenters. The van der Waals surface area contributed by atoms with Crippen LogP contribution in [0.4, 0.5) is 5.69 Å². The van der Waals surface area contributed by atoms with Crippen LogP contribution in [0.3, 0.4) is 0 Å². The Labute approximate surface area is 142 Å². The van der Waals surface area contributed by atoms with Gasteiger partial charge >= 0.3 is 0 Å². The second-order valence-electron chi connectivity index (χ2n) is 6.21. The zero-order chi connectivity index (χ0) is 16.9. The zero-order valence-electron chi connectivity index (χ0n) is 14.0. The summed E-state index contributed by atoms with van der Waals surface area (Å²) in [6.45, 7) is 4.34. The molecule has 0 aromatic heterocycles. The number of carbonyl (C=O) groups is 1. The van der Waals surface area contributed by atoms with Crippen molar-refractivity contribution >= 4 is 28.4 Å². The molecule has 0 saturated heterocycles. The summed E-state index contributed by atoms with van der Waals surface area (Å²) >= 11 is 0. The number of hydrogen-bond donors (Lipinski definition) is 1. The van der Waals surface area contributed by atoms with Gasteiger partial charge in [0.1, 0.15) is 0 Å². The summed E-state index contributed by atoms with van der Waals surface area (Å²) in [5, 5.41) is 5.19. The first kappa shape index (κ1) is 16.0. The number of benzene rings is 3. The van der Waals surface area contributed by atoms with Crippen molar-refractivity contribution in [1.29, 1.82) is 0 Å². The number of fused-ring (bicyclic) bond motifs is 1. The molecule has 2 heteroatoms. The van der Waals surface area contributed by atoms with Crippen LogP contribution in [0, 0.1) is 0 Å². The highest BCUT2D eigenvalue weighted by Crippen LogP contribution is 2.19. The summed E-state index contributed by atoms with van der Waals surface area (Å²) in [5.74, 6) is 0.387. The van der Waals surface area contributed by atoms with Crippen LogP contribution in [0.2, 0.25) is 0 Å². The normalized spacial score (nSPS) is 11.3. The monoisotopic (exact) mass is 315 g/mol. The van der Waals surface area contributed by atoms with Crippen molar-refractivity contribution in [1.82, 2.24) is 0 Å². The van der Waals surface area contributed by atoms with Crippen molar-refractivity contribution in [3.05, 3.63) is 83.9 Å². The van der Waals surface area contributed by atoms with E-state index < -0.39 is 0 Å². The average Bonchev–Trinajstić information content (AvgIpc) is 2.60. The topological polar surface area (TPSA) is 29.1 Å². The van der Waals surface area contributed by atoms with Crippen molar-refractivity contribution in [2.75, 3.05) is 5.32 Å². The van der Waals surface area contributed by atoms with Crippen LogP contribution in [0.5, 0.6) is 0 Å². The third-order valence-electron chi connectivity index (χ3n) is 4.05. The third-order valence-corrected chi connectivity index (χ3v) is 4.05. The van der Waals surface area contributed by atoms with E-state index in [2.05, 4.69) is 37.4 Å². The first-order chi connectivity index (χ1) is 11.6. The van der Waals surface area contributed by atoms with E-state index >= 15 is 0 Å². The molecule has 0 unspecified atom stereocenters. The Balaban J connectivity index is 1.67. The van der Waals surface area contributed by atoms with Gasteiger partial charge in [0.15, 0.2) is 0 Å². The molecule has 1 N–H and O–H groups in total.